The summed E-state index contributed by atoms with van der Waals surface area (Å²) in [6, 6.07) is 1.29. The van der Waals surface area contributed by atoms with Gasteiger partial charge in [0.15, 0.2) is 0 Å². The van der Waals surface area contributed by atoms with E-state index in [0.717, 1.165) is 5.75 Å². The van der Waals surface area contributed by atoms with Crippen molar-refractivity contribution in [3.63, 3.8) is 0 Å². The van der Waals surface area contributed by atoms with Crippen LogP contribution in [0.3, 0.4) is 0 Å². The summed E-state index contributed by atoms with van der Waals surface area (Å²) >= 11 is 13.1. The zero-order chi connectivity index (χ0) is 13.8. The van der Waals surface area contributed by atoms with Gasteiger partial charge in [-0.15, -0.1) is 0 Å². The second-order valence-corrected chi connectivity index (χ2v) is 7.30. The number of nitrogens with zero attached hydrogens (tertiary/aromatic N) is 1. The average molecular weight is 329 g/mol. The topological polar surface area (TPSA) is 59.1 Å². The van der Waals surface area contributed by atoms with Crippen molar-refractivity contribution in [1.82, 2.24) is 9.71 Å². The van der Waals surface area contributed by atoms with Crippen LogP contribution in [0.25, 0.3) is 0 Å². The minimum atomic E-state index is -3.58. The minimum Gasteiger partial charge on any atom is -0.242 e. The van der Waals surface area contributed by atoms with E-state index >= 15 is 0 Å². The highest BCUT2D eigenvalue weighted by molar-refractivity contribution is 7.98. The Morgan fingerprint density at radius 3 is 2.72 bits per heavy atom. The van der Waals surface area contributed by atoms with E-state index < -0.39 is 10.0 Å². The predicted molar refractivity (Wildman–Crippen MR) is 77.0 cm³/mol. The molecule has 0 saturated heterocycles. The fourth-order valence-corrected chi connectivity index (χ4v) is 3.39. The molecule has 1 aromatic rings. The van der Waals surface area contributed by atoms with Crippen LogP contribution in [-0.4, -0.2) is 32.0 Å². The van der Waals surface area contributed by atoms with Crippen molar-refractivity contribution >= 4 is 45.0 Å². The van der Waals surface area contributed by atoms with E-state index in [4.69, 9.17) is 23.2 Å². The van der Waals surface area contributed by atoms with Gasteiger partial charge in [-0.05, 0) is 24.0 Å². The lowest BCUT2D eigenvalue weighted by Gasteiger charge is -2.11. The molecule has 18 heavy (non-hydrogen) atoms. The summed E-state index contributed by atoms with van der Waals surface area (Å²) in [7, 11) is -3.58. The number of thioether (sulfide) groups is 1. The summed E-state index contributed by atoms with van der Waals surface area (Å²) in [5, 5.41) is 0.211. The van der Waals surface area contributed by atoms with E-state index in [9.17, 15) is 8.42 Å². The maximum absolute atomic E-state index is 11.9. The normalized spacial score (nSPS) is 13.6. The molecule has 0 fully saturated rings. The average Bonchev–Trinajstić information content (AvgIpc) is 2.30. The Morgan fingerprint density at radius 2 is 2.17 bits per heavy atom. The standard InChI is InChI=1S/C10H14Cl2N2O2S2/c1-7(6-17-2)4-14-18(15,16)8-3-9(11)10(12)13-5-8/h3,5,7,14H,4,6H2,1-2H3. The molecule has 0 bridgehead atoms. The van der Waals surface area contributed by atoms with E-state index in [1.807, 2.05) is 13.2 Å². The number of rotatable bonds is 6. The molecule has 1 N–H and O–H groups in total. The maximum atomic E-state index is 11.9. The number of pyridine rings is 1. The molecular formula is C10H14Cl2N2O2S2. The highest BCUT2D eigenvalue weighted by Gasteiger charge is 2.17. The third kappa shape index (κ3) is 4.59. The molecule has 0 amide bonds. The number of hydrogen-bond acceptors (Lipinski definition) is 4. The molecule has 0 radical (unpaired) electrons. The van der Waals surface area contributed by atoms with Gasteiger partial charge >= 0.3 is 0 Å². The summed E-state index contributed by atoms with van der Waals surface area (Å²) in [6.07, 6.45) is 3.17. The Morgan fingerprint density at radius 1 is 1.50 bits per heavy atom. The lowest BCUT2D eigenvalue weighted by Crippen LogP contribution is -2.29. The lowest BCUT2D eigenvalue weighted by molar-refractivity contribution is 0.562. The fourth-order valence-electron chi connectivity index (χ4n) is 1.23. The molecule has 0 spiro atoms. The molecule has 8 heteroatoms. The van der Waals surface area contributed by atoms with Gasteiger partial charge in [0, 0.05) is 12.7 Å². The first-order valence-electron chi connectivity index (χ1n) is 5.16. The second-order valence-electron chi connectivity index (χ2n) is 3.86. The van der Waals surface area contributed by atoms with Crippen molar-refractivity contribution < 1.29 is 8.42 Å². The number of halogens is 2. The largest absolute Gasteiger partial charge is 0.242 e. The first kappa shape index (κ1) is 16.0. The molecule has 1 heterocycles. The highest BCUT2D eigenvalue weighted by atomic mass is 35.5. The minimum absolute atomic E-state index is 0.0215. The van der Waals surface area contributed by atoms with Gasteiger partial charge in [0.25, 0.3) is 0 Å². The smallest absolute Gasteiger partial charge is 0.242 e. The Hall–Kier alpha value is -0.0100. The monoisotopic (exact) mass is 328 g/mol. The summed E-state index contributed by atoms with van der Waals surface area (Å²) in [6.45, 7) is 2.36. The number of nitrogens with one attached hydrogen (secondary N) is 1. The Kier molecular flexibility index (Phi) is 6.20. The molecule has 0 saturated carbocycles. The van der Waals surface area contributed by atoms with Crippen LogP contribution in [0.4, 0.5) is 0 Å². The molecule has 0 aromatic carbocycles. The van der Waals surface area contributed by atoms with E-state index in [1.54, 1.807) is 11.8 Å². The van der Waals surface area contributed by atoms with Crippen molar-refractivity contribution in [2.45, 2.75) is 11.8 Å². The summed E-state index contributed by atoms with van der Waals surface area (Å²) in [5.41, 5.74) is 0. The van der Waals surface area contributed by atoms with Gasteiger partial charge in [-0.1, -0.05) is 30.1 Å². The molecule has 1 unspecified atom stereocenters. The van der Waals surface area contributed by atoms with Gasteiger partial charge in [0.2, 0.25) is 10.0 Å². The van der Waals surface area contributed by atoms with Gasteiger partial charge in [-0.25, -0.2) is 18.1 Å². The number of sulfonamides is 1. The lowest BCUT2D eigenvalue weighted by atomic mass is 10.2. The molecule has 0 aliphatic carbocycles. The van der Waals surface area contributed by atoms with Gasteiger partial charge in [0.1, 0.15) is 10.0 Å². The van der Waals surface area contributed by atoms with Crippen LogP contribution >= 0.6 is 35.0 Å². The van der Waals surface area contributed by atoms with Crippen LogP contribution in [0, 0.1) is 5.92 Å². The molecule has 1 atom stereocenters. The van der Waals surface area contributed by atoms with Gasteiger partial charge in [0.05, 0.1) is 5.02 Å². The van der Waals surface area contributed by atoms with Gasteiger partial charge in [-0.3, -0.25) is 0 Å². The van der Waals surface area contributed by atoms with Gasteiger partial charge in [-0.2, -0.15) is 11.8 Å². The Labute approximate surface area is 122 Å². The van der Waals surface area contributed by atoms with Crippen LogP contribution < -0.4 is 4.72 Å². The molecule has 0 aliphatic heterocycles. The van der Waals surface area contributed by atoms with Crippen molar-refractivity contribution in [1.29, 1.82) is 0 Å². The van der Waals surface area contributed by atoms with Crippen molar-refractivity contribution in [3.05, 3.63) is 22.4 Å². The summed E-state index contributed by atoms with van der Waals surface area (Å²) in [4.78, 5) is 3.74. The summed E-state index contributed by atoms with van der Waals surface area (Å²) in [5.74, 6) is 1.15. The maximum Gasteiger partial charge on any atom is 0.242 e. The Bertz CT molecular complexity index is 509. The zero-order valence-electron chi connectivity index (χ0n) is 9.98. The highest BCUT2D eigenvalue weighted by Crippen LogP contribution is 2.22. The van der Waals surface area contributed by atoms with E-state index in [1.165, 1.54) is 12.3 Å². The molecule has 102 valence electrons. The molecule has 1 rings (SSSR count). The summed E-state index contributed by atoms with van der Waals surface area (Å²) < 4.78 is 26.4. The van der Waals surface area contributed by atoms with Crippen LogP contribution in [0.5, 0.6) is 0 Å². The molecule has 1 aromatic heterocycles. The predicted octanol–water partition coefficient (Wildman–Crippen LogP) is 2.67. The van der Waals surface area contributed by atoms with Crippen molar-refractivity contribution in [3.8, 4) is 0 Å². The quantitative estimate of drug-likeness (QED) is 0.815. The van der Waals surface area contributed by atoms with Crippen LogP contribution in [0.1, 0.15) is 6.92 Å². The first-order valence-corrected chi connectivity index (χ1v) is 8.79. The fraction of sp³-hybridized carbons (Fsp3) is 0.500. The SMILES string of the molecule is CSCC(C)CNS(=O)(=O)c1cnc(Cl)c(Cl)c1. The zero-order valence-corrected chi connectivity index (χ0v) is 13.1. The first-order chi connectivity index (χ1) is 8.36. The third-order valence-electron chi connectivity index (χ3n) is 2.15. The van der Waals surface area contributed by atoms with Crippen LogP contribution in [0.15, 0.2) is 17.2 Å². The van der Waals surface area contributed by atoms with E-state index in [2.05, 4.69) is 9.71 Å². The van der Waals surface area contributed by atoms with E-state index in [0.29, 0.717) is 6.54 Å². The number of aromatic nitrogens is 1. The Balaban J connectivity index is 2.77. The molecular weight excluding hydrogens is 315 g/mol. The van der Waals surface area contributed by atoms with Crippen molar-refractivity contribution in [2.75, 3.05) is 18.6 Å². The van der Waals surface area contributed by atoms with Crippen molar-refractivity contribution in [2.24, 2.45) is 5.92 Å². The third-order valence-corrected chi connectivity index (χ3v) is 5.13. The van der Waals surface area contributed by atoms with Crippen LogP contribution in [-0.2, 0) is 10.0 Å². The molecule has 0 aliphatic rings. The number of hydrogen-bond donors (Lipinski definition) is 1. The van der Waals surface area contributed by atoms with Crippen LogP contribution in [0.2, 0.25) is 10.2 Å². The molecule has 4 nitrogen and oxygen atoms in total. The van der Waals surface area contributed by atoms with E-state index in [-0.39, 0.29) is 21.0 Å². The second kappa shape index (κ2) is 6.96. The van der Waals surface area contributed by atoms with Gasteiger partial charge < -0.3 is 0 Å².